The van der Waals surface area contributed by atoms with Crippen molar-refractivity contribution in [2.45, 2.75) is 103 Å². The van der Waals surface area contributed by atoms with E-state index in [0.29, 0.717) is 55.1 Å². The second kappa shape index (κ2) is 29.5. The molecule has 2 aromatic rings. The van der Waals surface area contributed by atoms with Gasteiger partial charge in [-0.15, -0.1) is 0 Å². The van der Waals surface area contributed by atoms with Crippen LogP contribution in [0.4, 0.5) is 10.3 Å². The smallest absolute Gasteiger partial charge is 0.239 e. The third-order valence-corrected chi connectivity index (χ3v) is 10.5. The molecule has 2 amide bonds. The largest absolute Gasteiger partial charge is 0.392 e. The van der Waals surface area contributed by atoms with Gasteiger partial charge in [-0.1, -0.05) is 93.7 Å². The molecule has 2 rings (SSSR count). The highest BCUT2D eigenvalue weighted by molar-refractivity contribution is 7.92. The van der Waals surface area contributed by atoms with Gasteiger partial charge in [0.1, 0.15) is 5.82 Å². The molecular weight excluding hydrogens is 796 g/mol. The number of nitrogens with zero attached hydrogens (tertiary/aromatic N) is 4. The van der Waals surface area contributed by atoms with Crippen molar-refractivity contribution < 1.29 is 32.6 Å². The summed E-state index contributed by atoms with van der Waals surface area (Å²) in [6.45, 7) is 7.89. The van der Waals surface area contributed by atoms with Gasteiger partial charge < -0.3 is 25.7 Å². The molecule has 0 aliphatic rings. The second-order valence-electron chi connectivity index (χ2n) is 15.2. The molecule has 1 aromatic carbocycles. The first kappa shape index (κ1) is 52.4. The lowest BCUT2D eigenvalue weighted by atomic mass is 9.97. The number of aliphatic hydroxyl groups excluding tert-OH is 2. The van der Waals surface area contributed by atoms with E-state index in [0.717, 1.165) is 55.5 Å². The number of sulfonamides is 1. The van der Waals surface area contributed by atoms with Crippen molar-refractivity contribution >= 4 is 33.9 Å². The van der Waals surface area contributed by atoms with Gasteiger partial charge in [0.25, 0.3) is 0 Å². The van der Waals surface area contributed by atoms with Crippen LogP contribution in [-0.2, 0) is 19.6 Å². The summed E-state index contributed by atoms with van der Waals surface area (Å²) in [5.41, 5.74) is 1.86. The third kappa shape index (κ3) is 22.6. The van der Waals surface area contributed by atoms with Gasteiger partial charge in [-0.2, -0.15) is 0 Å². The van der Waals surface area contributed by atoms with Crippen molar-refractivity contribution in [1.82, 2.24) is 25.5 Å². The predicted molar refractivity (Wildman–Crippen MR) is 247 cm³/mol. The second-order valence-corrected chi connectivity index (χ2v) is 17.2. The molecule has 14 heteroatoms. The van der Waals surface area contributed by atoms with Crippen LogP contribution in [0.1, 0.15) is 102 Å². The van der Waals surface area contributed by atoms with E-state index in [1.54, 1.807) is 6.08 Å². The summed E-state index contributed by atoms with van der Waals surface area (Å²) in [4.78, 5) is 35.8. The zero-order chi connectivity index (χ0) is 45.0. The van der Waals surface area contributed by atoms with Gasteiger partial charge in [0.15, 0.2) is 0 Å². The number of unbranched alkanes of at least 4 members (excludes halogenated alkanes) is 1. The molecule has 0 fully saturated rings. The van der Waals surface area contributed by atoms with Gasteiger partial charge in [-0.05, 0) is 82.2 Å². The summed E-state index contributed by atoms with van der Waals surface area (Å²) in [5, 5.41) is 27.1. The van der Waals surface area contributed by atoms with Crippen LogP contribution in [0.3, 0.4) is 0 Å². The Labute approximate surface area is 364 Å². The lowest BCUT2D eigenvalue weighted by Gasteiger charge is -2.20. The summed E-state index contributed by atoms with van der Waals surface area (Å²) < 4.78 is 39.4. The van der Waals surface area contributed by atoms with Crippen molar-refractivity contribution in [2.75, 3.05) is 50.8 Å². The topological polar surface area (TPSA) is 165 Å². The Morgan fingerprint density at radius 3 is 1.90 bits per heavy atom. The first-order valence-electron chi connectivity index (χ1n) is 21.2. The predicted octanol–water partition coefficient (Wildman–Crippen LogP) is 7.40. The molecule has 336 valence electrons. The molecule has 4 N–H and O–H groups in total. The van der Waals surface area contributed by atoms with Gasteiger partial charge in [0.2, 0.25) is 27.8 Å². The Kier molecular flexibility index (Phi) is 25.3. The maximum absolute atomic E-state index is 13.8. The average molecular weight is 865 g/mol. The molecule has 1 heterocycles. The first-order valence-corrected chi connectivity index (χ1v) is 23.1. The number of allylic oxidation sites excluding steroid dienone is 10. The Morgan fingerprint density at radius 2 is 1.36 bits per heavy atom. The van der Waals surface area contributed by atoms with Crippen LogP contribution in [-0.4, -0.2) is 104 Å². The lowest BCUT2D eigenvalue weighted by Crippen LogP contribution is -2.38. The van der Waals surface area contributed by atoms with E-state index in [4.69, 9.17) is 0 Å². The minimum Gasteiger partial charge on any atom is -0.392 e. The van der Waals surface area contributed by atoms with Crippen molar-refractivity contribution in [3.8, 4) is 11.3 Å². The van der Waals surface area contributed by atoms with E-state index < -0.39 is 28.0 Å². The van der Waals surface area contributed by atoms with Crippen molar-refractivity contribution in [3.63, 3.8) is 0 Å². The first-order chi connectivity index (χ1) is 29.1. The normalized spacial score (nSPS) is 13.6. The van der Waals surface area contributed by atoms with E-state index in [2.05, 4.69) is 88.3 Å². The number of aliphatic hydroxyl groups is 2. The van der Waals surface area contributed by atoms with Crippen LogP contribution < -0.4 is 14.9 Å². The maximum atomic E-state index is 13.8. The molecule has 0 saturated carbocycles. The lowest BCUT2D eigenvalue weighted by molar-refractivity contribution is -0.123. The van der Waals surface area contributed by atoms with Gasteiger partial charge in [-0.25, -0.2) is 27.1 Å². The quantitative estimate of drug-likeness (QED) is 0.0482. The van der Waals surface area contributed by atoms with Gasteiger partial charge >= 0.3 is 0 Å². The minimum absolute atomic E-state index is 0.0115. The van der Waals surface area contributed by atoms with Crippen LogP contribution in [0.25, 0.3) is 17.3 Å². The zero-order valence-corrected chi connectivity index (χ0v) is 37.8. The monoisotopic (exact) mass is 864 g/mol. The number of benzene rings is 1. The Hall–Kier alpha value is -4.76. The number of hydrogen-bond donors (Lipinski definition) is 4. The molecular formula is C47H69FN6O6S. The summed E-state index contributed by atoms with van der Waals surface area (Å²) in [6.07, 6.45) is 30.1. The number of carbonyl (C=O) groups is 2. The van der Waals surface area contributed by atoms with E-state index in [1.165, 1.54) is 37.4 Å². The summed E-state index contributed by atoms with van der Waals surface area (Å²) in [6, 6.07) is 5.59. The Balaban J connectivity index is 1.70. The summed E-state index contributed by atoms with van der Waals surface area (Å²) in [5.74, 6) is -1.04. The van der Waals surface area contributed by atoms with Crippen molar-refractivity contribution in [2.24, 2.45) is 0 Å². The fourth-order valence-corrected chi connectivity index (χ4v) is 6.23. The fourth-order valence-electron chi connectivity index (χ4n) is 5.85. The molecule has 0 aliphatic carbocycles. The highest BCUT2D eigenvalue weighted by atomic mass is 32.2. The number of amides is 2. The molecule has 2 atom stereocenters. The Bertz CT molecular complexity index is 1910. The molecule has 0 radical (unpaired) electrons. The van der Waals surface area contributed by atoms with Gasteiger partial charge in [0.05, 0.1) is 36.3 Å². The molecule has 0 bridgehead atoms. The molecule has 0 spiro atoms. The van der Waals surface area contributed by atoms with E-state index in [9.17, 15) is 32.6 Å². The van der Waals surface area contributed by atoms with E-state index in [-0.39, 0.29) is 36.5 Å². The molecule has 12 nitrogen and oxygen atoms in total. The summed E-state index contributed by atoms with van der Waals surface area (Å²) >= 11 is 0. The highest BCUT2D eigenvalue weighted by Crippen LogP contribution is 2.32. The molecule has 0 aliphatic heterocycles. The maximum Gasteiger partial charge on any atom is 0.239 e. The number of hydrogen-bond acceptors (Lipinski definition) is 9. The van der Waals surface area contributed by atoms with Gasteiger partial charge in [0, 0.05) is 57.2 Å². The molecule has 1 aromatic heterocycles. The van der Waals surface area contributed by atoms with Crippen molar-refractivity contribution in [3.05, 3.63) is 108 Å². The van der Waals surface area contributed by atoms with Crippen LogP contribution in [0, 0.1) is 5.82 Å². The highest BCUT2D eigenvalue weighted by Gasteiger charge is 2.23. The SMILES string of the molecule is CC/C=C\C/C=C\C/C=C\C/C=C\C/C=C\CCCC(=O)NCCN(C)CCNC(=O)C[C@H](O)C[C@H](O)/C=C/c1c(-c2ccc(F)cc2)nc(N(C)S(C)(=O)=O)nc1C(C)C. The number of nitrogens with one attached hydrogen (secondary N) is 2. The molecule has 0 saturated heterocycles. The number of likely N-dealkylation sites (N-methyl/N-ethyl adjacent to an activating group) is 1. The van der Waals surface area contributed by atoms with E-state index >= 15 is 0 Å². The van der Waals surface area contributed by atoms with Crippen LogP contribution in [0.2, 0.25) is 0 Å². The molecule has 61 heavy (non-hydrogen) atoms. The molecule has 0 unspecified atom stereocenters. The average Bonchev–Trinajstić information content (AvgIpc) is 3.20. The van der Waals surface area contributed by atoms with E-state index in [1.807, 2.05) is 25.8 Å². The number of carbonyl (C=O) groups excluding carboxylic acids is 2. The number of rotatable bonds is 29. The number of aromatic nitrogens is 2. The van der Waals surface area contributed by atoms with Crippen LogP contribution in [0.5, 0.6) is 0 Å². The number of anilines is 1. The Morgan fingerprint density at radius 1 is 0.820 bits per heavy atom. The van der Waals surface area contributed by atoms with Gasteiger partial charge in [-0.3, -0.25) is 9.59 Å². The zero-order valence-electron chi connectivity index (χ0n) is 37.0. The minimum atomic E-state index is -3.69. The van der Waals surface area contributed by atoms with Crippen LogP contribution >= 0.6 is 0 Å². The van der Waals surface area contributed by atoms with Crippen LogP contribution in [0.15, 0.2) is 91.1 Å². The summed E-state index contributed by atoms with van der Waals surface area (Å²) in [7, 11) is -0.446. The number of halogens is 1. The fraction of sp³-hybridized carbons (Fsp3) is 0.489. The van der Waals surface area contributed by atoms with Crippen molar-refractivity contribution in [1.29, 1.82) is 0 Å². The third-order valence-electron chi connectivity index (χ3n) is 9.39. The standard InChI is InChI=1S/C47H69FN6O6S/c1-7-8-9-10-11-12-13-14-15-16-17-18-19-20-21-22-23-24-43(57)49-31-33-53(4)34-32-50-44(58)36-41(56)35-40(55)29-30-42-45(37(2)3)51-47(54(5)61(6,59)60)52-46(42)38-25-27-39(48)28-26-38/h8-9,11-12,14-15,17-18,20-21,25-30,37,40-41,55-56H,7,10,13,16,19,22-24,31-36H2,1-6H3,(H,49,57)(H,50,58)/b9-8-,12-11-,15-14-,18-17-,21-20-,30-29+/t40-,41-/m1/s1.